The zero-order valence-corrected chi connectivity index (χ0v) is 21.6. The van der Waals surface area contributed by atoms with Crippen molar-refractivity contribution in [2.24, 2.45) is 5.92 Å². The average molecular weight is 529 g/mol. The molecule has 0 spiro atoms. The Labute approximate surface area is 219 Å². The van der Waals surface area contributed by atoms with Crippen molar-refractivity contribution in [1.29, 1.82) is 0 Å². The van der Waals surface area contributed by atoms with Crippen molar-refractivity contribution in [1.82, 2.24) is 10.3 Å². The summed E-state index contributed by atoms with van der Waals surface area (Å²) in [7, 11) is 0. The van der Waals surface area contributed by atoms with Gasteiger partial charge < -0.3 is 15.2 Å². The minimum Gasteiger partial charge on any atom is -0.507 e. The first-order chi connectivity index (χ1) is 18.1. The number of halogens is 3. The van der Waals surface area contributed by atoms with E-state index in [1.54, 1.807) is 12.1 Å². The van der Waals surface area contributed by atoms with Crippen LogP contribution in [0, 0.1) is 30.3 Å². The van der Waals surface area contributed by atoms with Gasteiger partial charge in [-0.05, 0) is 81.3 Å². The van der Waals surface area contributed by atoms with E-state index in [-0.39, 0.29) is 34.9 Å². The first-order valence-corrected chi connectivity index (χ1v) is 12.5. The SMILES string of the molecule is CC(=O)c1cc(F)cnc1Oc1ccc(F)c(F)c1.CCC1CCC(NC(=O)c2ccc(C)cc2O)CC1. The monoisotopic (exact) mass is 528 g/mol. The van der Waals surface area contributed by atoms with E-state index in [1.165, 1.54) is 32.3 Å². The van der Waals surface area contributed by atoms with Gasteiger partial charge in [0.2, 0.25) is 5.88 Å². The molecule has 4 rings (SSSR count). The Morgan fingerprint density at radius 1 is 1.00 bits per heavy atom. The number of carbonyl (C=O) groups excluding carboxylic acids is 2. The van der Waals surface area contributed by atoms with Gasteiger partial charge in [0.1, 0.15) is 17.3 Å². The van der Waals surface area contributed by atoms with Crippen LogP contribution in [0.2, 0.25) is 0 Å². The van der Waals surface area contributed by atoms with Crippen molar-refractivity contribution >= 4 is 11.7 Å². The predicted octanol–water partition coefficient (Wildman–Crippen LogP) is 6.89. The van der Waals surface area contributed by atoms with Crippen molar-refractivity contribution in [3.8, 4) is 17.4 Å². The number of amides is 1. The molecule has 1 amide bonds. The summed E-state index contributed by atoms with van der Waals surface area (Å²) in [5.74, 6) is -2.74. The Bertz CT molecular complexity index is 1290. The number of phenols is 1. The number of benzene rings is 2. The molecule has 0 bridgehead atoms. The molecule has 1 aliphatic carbocycles. The van der Waals surface area contributed by atoms with Crippen LogP contribution in [0.15, 0.2) is 48.7 Å². The van der Waals surface area contributed by atoms with Gasteiger partial charge in [-0.25, -0.2) is 18.2 Å². The summed E-state index contributed by atoms with van der Waals surface area (Å²) in [6.45, 7) is 5.34. The lowest BCUT2D eigenvalue weighted by atomic mass is 9.84. The number of hydrogen-bond acceptors (Lipinski definition) is 5. The number of phenolic OH excluding ortho intramolecular Hbond substituents is 1. The standard InChI is InChI=1S/C16H23NO2.C13H8F3NO2/c1-3-12-5-7-13(8-6-12)17-16(19)14-9-4-11(2)10-15(14)18;1-7(18)10-4-8(14)6-17-13(10)19-9-2-3-11(15)12(16)5-9/h4,9-10,12-13,18H,3,5-8H2,1-2H3,(H,17,19);2-6H,1H3. The van der Waals surface area contributed by atoms with Gasteiger partial charge in [0, 0.05) is 12.1 Å². The summed E-state index contributed by atoms with van der Waals surface area (Å²) in [6.07, 6.45) is 6.59. The molecule has 2 aromatic carbocycles. The Hall–Kier alpha value is -3.88. The second-order valence-electron chi connectivity index (χ2n) is 9.36. The van der Waals surface area contributed by atoms with Gasteiger partial charge in [-0.15, -0.1) is 0 Å². The number of hydrogen-bond donors (Lipinski definition) is 2. The van der Waals surface area contributed by atoms with Crippen LogP contribution in [-0.4, -0.2) is 27.8 Å². The molecule has 1 aromatic heterocycles. The molecule has 2 N–H and O–H groups in total. The molecule has 1 aliphatic rings. The molecular weight excluding hydrogens is 497 g/mol. The van der Waals surface area contributed by atoms with Crippen LogP contribution in [0.1, 0.15) is 72.2 Å². The largest absolute Gasteiger partial charge is 0.507 e. The molecule has 9 heteroatoms. The van der Waals surface area contributed by atoms with Crippen LogP contribution >= 0.6 is 0 Å². The molecule has 202 valence electrons. The summed E-state index contributed by atoms with van der Waals surface area (Å²) >= 11 is 0. The maximum atomic E-state index is 13.0. The number of aryl methyl sites for hydroxylation is 1. The lowest BCUT2D eigenvalue weighted by molar-refractivity contribution is 0.0918. The van der Waals surface area contributed by atoms with E-state index in [4.69, 9.17) is 4.74 Å². The normalized spacial score (nSPS) is 16.7. The topological polar surface area (TPSA) is 88.5 Å². The highest BCUT2D eigenvalue weighted by Crippen LogP contribution is 2.28. The van der Waals surface area contributed by atoms with Crippen molar-refractivity contribution < 1.29 is 32.6 Å². The van der Waals surface area contributed by atoms with Crippen LogP contribution in [0.4, 0.5) is 13.2 Å². The zero-order valence-electron chi connectivity index (χ0n) is 21.6. The molecule has 1 fully saturated rings. The maximum Gasteiger partial charge on any atom is 0.255 e. The molecule has 6 nitrogen and oxygen atoms in total. The summed E-state index contributed by atoms with van der Waals surface area (Å²) < 4.78 is 43.9. The lowest BCUT2D eigenvalue weighted by Gasteiger charge is -2.28. The molecule has 1 heterocycles. The van der Waals surface area contributed by atoms with E-state index in [9.17, 15) is 27.9 Å². The fourth-order valence-corrected chi connectivity index (χ4v) is 4.22. The number of aromatic hydroxyl groups is 1. The number of nitrogens with one attached hydrogen (secondary N) is 1. The maximum absolute atomic E-state index is 13.0. The minimum absolute atomic E-state index is 0.0412. The first-order valence-electron chi connectivity index (χ1n) is 12.5. The summed E-state index contributed by atoms with van der Waals surface area (Å²) in [5, 5.41) is 12.9. The van der Waals surface area contributed by atoms with Gasteiger partial charge in [0.15, 0.2) is 17.4 Å². The summed E-state index contributed by atoms with van der Waals surface area (Å²) in [5.41, 5.74) is 1.26. The van der Waals surface area contributed by atoms with Crippen molar-refractivity contribution in [2.75, 3.05) is 0 Å². The molecule has 38 heavy (non-hydrogen) atoms. The van der Waals surface area contributed by atoms with Gasteiger partial charge in [-0.2, -0.15) is 0 Å². The molecule has 0 saturated heterocycles. The molecule has 0 radical (unpaired) electrons. The van der Waals surface area contributed by atoms with Crippen LogP contribution in [-0.2, 0) is 0 Å². The van der Waals surface area contributed by atoms with Crippen LogP contribution < -0.4 is 10.1 Å². The zero-order chi connectivity index (χ0) is 27.8. The highest BCUT2D eigenvalue weighted by atomic mass is 19.2. The number of carbonyl (C=O) groups is 2. The smallest absolute Gasteiger partial charge is 0.255 e. The third-order valence-corrected chi connectivity index (χ3v) is 6.46. The van der Waals surface area contributed by atoms with Crippen LogP contribution in [0.5, 0.6) is 17.4 Å². The molecule has 3 aromatic rings. The first kappa shape index (κ1) is 28.7. The van der Waals surface area contributed by atoms with Gasteiger partial charge in [-0.1, -0.05) is 19.4 Å². The highest BCUT2D eigenvalue weighted by molar-refractivity contribution is 5.97. The van der Waals surface area contributed by atoms with E-state index in [2.05, 4.69) is 17.2 Å². The number of pyridine rings is 1. The summed E-state index contributed by atoms with van der Waals surface area (Å²) in [6, 6.07) is 9.25. The molecular formula is C29H31F3N2O4. The van der Waals surface area contributed by atoms with E-state index >= 15 is 0 Å². The fourth-order valence-electron chi connectivity index (χ4n) is 4.22. The highest BCUT2D eigenvalue weighted by Gasteiger charge is 2.22. The third kappa shape index (κ3) is 7.81. The van der Waals surface area contributed by atoms with Crippen molar-refractivity contribution in [2.45, 2.75) is 58.9 Å². The van der Waals surface area contributed by atoms with E-state index in [0.29, 0.717) is 5.56 Å². The number of ether oxygens (including phenoxy) is 1. The van der Waals surface area contributed by atoms with E-state index < -0.39 is 23.2 Å². The number of aromatic nitrogens is 1. The number of ketones is 1. The van der Waals surface area contributed by atoms with Crippen LogP contribution in [0.25, 0.3) is 0 Å². The van der Waals surface area contributed by atoms with Gasteiger partial charge in [0.05, 0.1) is 17.3 Å². The predicted molar refractivity (Wildman–Crippen MR) is 137 cm³/mol. The number of rotatable bonds is 6. The quantitative estimate of drug-likeness (QED) is 0.340. The third-order valence-electron chi connectivity index (χ3n) is 6.46. The van der Waals surface area contributed by atoms with Gasteiger partial charge >= 0.3 is 0 Å². The molecule has 0 unspecified atom stereocenters. The van der Waals surface area contributed by atoms with Gasteiger partial charge in [-0.3, -0.25) is 9.59 Å². The Morgan fingerprint density at radius 2 is 1.71 bits per heavy atom. The minimum atomic E-state index is -1.09. The second kappa shape index (κ2) is 13.1. The molecule has 1 saturated carbocycles. The fraction of sp³-hybridized carbons (Fsp3) is 0.345. The molecule has 0 atom stereocenters. The lowest BCUT2D eigenvalue weighted by Crippen LogP contribution is -2.37. The van der Waals surface area contributed by atoms with Crippen molar-refractivity contribution in [3.05, 3.63) is 82.8 Å². The second-order valence-corrected chi connectivity index (χ2v) is 9.36. The Balaban J connectivity index is 0.000000211. The van der Waals surface area contributed by atoms with Gasteiger partial charge in [0.25, 0.3) is 5.91 Å². The average Bonchev–Trinajstić information content (AvgIpc) is 2.88. The van der Waals surface area contributed by atoms with Crippen LogP contribution in [0.3, 0.4) is 0 Å². The Kier molecular flexibility index (Phi) is 9.87. The molecule has 0 aliphatic heterocycles. The Morgan fingerprint density at radius 3 is 2.32 bits per heavy atom. The summed E-state index contributed by atoms with van der Waals surface area (Å²) in [4.78, 5) is 27.0. The van der Waals surface area contributed by atoms with E-state index in [1.807, 2.05) is 13.0 Å². The number of Topliss-reactive ketones (excluding diaryl/α,β-unsaturated/α-hetero) is 1. The van der Waals surface area contributed by atoms with Crippen molar-refractivity contribution in [3.63, 3.8) is 0 Å². The number of nitrogens with zero attached hydrogens (tertiary/aromatic N) is 1. The van der Waals surface area contributed by atoms with E-state index in [0.717, 1.165) is 48.7 Å².